The first-order chi connectivity index (χ1) is 9.74. The van der Waals surface area contributed by atoms with Crippen LogP contribution < -0.4 is 5.32 Å². The van der Waals surface area contributed by atoms with E-state index in [9.17, 15) is 4.79 Å². The smallest absolute Gasteiger partial charge is 0.230 e. The van der Waals surface area contributed by atoms with Crippen molar-refractivity contribution >= 4 is 29.0 Å². The van der Waals surface area contributed by atoms with E-state index in [1.807, 2.05) is 29.1 Å². The van der Waals surface area contributed by atoms with Crippen molar-refractivity contribution in [3.8, 4) is 10.7 Å². The van der Waals surface area contributed by atoms with Crippen molar-refractivity contribution in [3.05, 3.63) is 17.5 Å². The molecule has 0 aliphatic heterocycles. The fourth-order valence-corrected chi connectivity index (χ4v) is 3.31. The van der Waals surface area contributed by atoms with Gasteiger partial charge in [-0.25, -0.2) is 0 Å². The minimum atomic E-state index is 0.0718. The van der Waals surface area contributed by atoms with E-state index in [-0.39, 0.29) is 5.91 Å². The van der Waals surface area contributed by atoms with E-state index < -0.39 is 0 Å². The predicted molar refractivity (Wildman–Crippen MR) is 80.8 cm³/mol. The second-order valence-electron chi connectivity index (χ2n) is 4.88. The highest BCUT2D eigenvalue weighted by Gasteiger charge is 2.21. The Bertz CT molecular complexity index is 590. The molecule has 7 heteroatoms. The fraction of sp³-hybridized carbons (Fsp3) is 0.462. The maximum atomic E-state index is 11.7. The molecule has 0 saturated heterocycles. The van der Waals surface area contributed by atoms with Gasteiger partial charge >= 0.3 is 0 Å². The van der Waals surface area contributed by atoms with Crippen LogP contribution in [-0.2, 0) is 11.8 Å². The number of rotatable bonds is 6. The first-order valence-corrected chi connectivity index (χ1v) is 8.43. The molecule has 2 heterocycles. The van der Waals surface area contributed by atoms with E-state index >= 15 is 0 Å². The summed E-state index contributed by atoms with van der Waals surface area (Å²) >= 11 is 3.06. The van der Waals surface area contributed by atoms with Crippen LogP contribution in [0.25, 0.3) is 10.7 Å². The molecular weight excluding hydrogens is 292 g/mol. The van der Waals surface area contributed by atoms with Gasteiger partial charge < -0.3 is 9.88 Å². The van der Waals surface area contributed by atoms with Gasteiger partial charge in [-0.05, 0) is 30.2 Å². The monoisotopic (exact) mass is 308 g/mol. The van der Waals surface area contributed by atoms with Crippen molar-refractivity contribution in [2.45, 2.75) is 18.0 Å². The lowest BCUT2D eigenvalue weighted by Crippen LogP contribution is -2.27. The van der Waals surface area contributed by atoms with Crippen LogP contribution in [0.15, 0.2) is 22.7 Å². The first-order valence-electron chi connectivity index (χ1n) is 6.57. The largest absolute Gasteiger partial charge is 0.355 e. The highest BCUT2D eigenvalue weighted by atomic mass is 32.2. The van der Waals surface area contributed by atoms with Crippen LogP contribution >= 0.6 is 23.1 Å². The summed E-state index contributed by atoms with van der Waals surface area (Å²) in [6.07, 6.45) is 2.50. The summed E-state index contributed by atoms with van der Waals surface area (Å²) in [6.45, 7) is 0.818. The van der Waals surface area contributed by atoms with Crippen molar-refractivity contribution in [1.82, 2.24) is 20.1 Å². The second-order valence-corrected chi connectivity index (χ2v) is 6.77. The van der Waals surface area contributed by atoms with Gasteiger partial charge in [-0.15, -0.1) is 21.5 Å². The Balaban J connectivity index is 1.56. The Labute approximate surface area is 125 Å². The molecule has 1 amide bonds. The molecule has 3 rings (SSSR count). The Morgan fingerprint density at radius 3 is 3.10 bits per heavy atom. The third-order valence-electron chi connectivity index (χ3n) is 3.19. The molecule has 20 heavy (non-hydrogen) atoms. The van der Waals surface area contributed by atoms with Gasteiger partial charge in [-0.2, -0.15) is 0 Å². The molecule has 5 nitrogen and oxygen atoms in total. The van der Waals surface area contributed by atoms with Gasteiger partial charge in [0.15, 0.2) is 11.0 Å². The molecule has 1 aliphatic rings. The SMILES string of the molecule is Cn1c(SCC(=O)NCC2CC2)nnc1-c1cccs1. The zero-order valence-electron chi connectivity index (χ0n) is 11.2. The van der Waals surface area contributed by atoms with Gasteiger partial charge in [0.05, 0.1) is 10.6 Å². The van der Waals surface area contributed by atoms with Gasteiger partial charge in [-0.1, -0.05) is 17.8 Å². The number of nitrogens with one attached hydrogen (secondary N) is 1. The number of thioether (sulfide) groups is 1. The van der Waals surface area contributed by atoms with Crippen LogP contribution in [0.2, 0.25) is 0 Å². The summed E-state index contributed by atoms with van der Waals surface area (Å²) in [6, 6.07) is 4.01. The number of aromatic nitrogens is 3. The number of nitrogens with zero attached hydrogens (tertiary/aromatic N) is 3. The van der Waals surface area contributed by atoms with E-state index in [0.29, 0.717) is 11.7 Å². The van der Waals surface area contributed by atoms with Crippen molar-refractivity contribution in [2.24, 2.45) is 13.0 Å². The van der Waals surface area contributed by atoms with E-state index in [1.165, 1.54) is 24.6 Å². The van der Waals surface area contributed by atoms with Crippen LogP contribution in [0.5, 0.6) is 0 Å². The van der Waals surface area contributed by atoms with E-state index in [4.69, 9.17) is 0 Å². The van der Waals surface area contributed by atoms with Gasteiger partial charge in [0.25, 0.3) is 0 Å². The van der Waals surface area contributed by atoms with Crippen LogP contribution in [-0.4, -0.2) is 33.0 Å². The molecule has 0 spiro atoms. The third-order valence-corrected chi connectivity index (χ3v) is 5.08. The maximum absolute atomic E-state index is 11.7. The van der Waals surface area contributed by atoms with Crippen molar-refractivity contribution in [3.63, 3.8) is 0 Å². The van der Waals surface area contributed by atoms with Gasteiger partial charge in [-0.3, -0.25) is 4.79 Å². The molecule has 2 aromatic heterocycles. The quantitative estimate of drug-likeness (QED) is 0.831. The molecular formula is C13H16N4OS2. The van der Waals surface area contributed by atoms with Gasteiger partial charge in [0, 0.05) is 13.6 Å². The molecule has 1 N–H and O–H groups in total. The molecule has 0 unspecified atom stereocenters. The lowest BCUT2D eigenvalue weighted by Gasteiger charge is -2.04. The van der Waals surface area contributed by atoms with E-state index in [2.05, 4.69) is 15.5 Å². The van der Waals surface area contributed by atoms with Crippen LogP contribution in [0.1, 0.15) is 12.8 Å². The van der Waals surface area contributed by atoms with Crippen molar-refractivity contribution in [1.29, 1.82) is 0 Å². The lowest BCUT2D eigenvalue weighted by molar-refractivity contribution is -0.118. The average Bonchev–Trinajstić information content (AvgIpc) is 2.98. The predicted octanol–water partition coefficient (Wildman–Crippen LogP) is 2.16. The highest BCUT2D eigenvalue weighted by Crippen LogP contribution is 2.28. The Morgan fingerprint density at radius 1 is 1.55 bits per heavy atom. The molecule has 0 bridgehead atoms. The molecule has 1 saturated carbocycles. The first kappa shape index (κ1) is 13.6. The molecule has 2 aromatic rings. The normalized spacial score (nSPS) is 14.4. The Morgan fingerprint density at radius 2 is 2.40 bits per heavy atom. The van der Waals surface area contributed by atoms with Crippen molar-refractivity contribution < 1.29 is 4.79 Å². The summed E-state index contributed by atoms with van der Waals surface area (Å²) < 4.78 is 1.94. The van der Waals surface area contributed by atoms with Crippen LogP contribution in [0.4, 0.5) is 0 Å². The number of carbonyl (C=O) groups excluding carboxylic acids is 1. The highest BCUT2D eigenvalue weighted by molar-refractivity contribution is 7.99. The van der Waals surface area contributed by atoms with Gasteiger partial charge in [0.1, 0.15) is 0 Å². The number of thiophene rings is 1. The second kappa shape index (κ2) is 5.97. The lowest BCUT2D eigenvalue weighted by atomic mass is 10.4. The summed E-state index contributed by atoms with van der Waals surface area (Å²) in [7, 11) is 1.93. The molecule has 1 aliphatic carbocycles. The van der Waals surface area contributed by atoms with Crippen LogP contribution in [0.3, 0.4) is 0 Å². The van der Waals surface area contributed by atoms with Gasteiger partial charge in [0.2, 0.25) is 5.91 Å². The average molecular weight is 308 g/mol. The number of hydrogen-bond donors (Lipinski definition) is 1. The molecule has 106 valence electrons. The minimum Gasteiger partial charge on any atom is -0.355 e. The topological polar surface area (TPSA) is 59.8 Å². The fourth-order valence-electron chi connectivity index (χ4n) is 1.82. The summed E-state index contributed by atoms with van der Waals surface area (Å²) in [5.74, 6) is 2.02. The molecule has 0 aromatic carbocycles. The third kappa shape index (κ3) is 3.21. The summed E-state index contributed by atoms with van der Waals surface area (Å²) in [4.78, 5) is 12.8. The molecule has 1 fully saturated rings. The number of amides is 1. The summed E-state index contributed by atoms with van der Waals surface area (Å²) in [5, 5.41) is 14.1. The zero-order valence-corrected chi connectivity index (χ0v) is 12.8. The molecule has 0 atom stereocenters. The standard InChI is InChI=1S/C13H16N4OS2/c1-17-12(10-3-2-6-19-10)15-16-13(17)20-8-11(18)14-7-9-4-5-9/h2-3,6,9H,4-5,7-8H2,1H3,(H,14,18). The van der Waals surface area contributed by atoms with Crippen molar-refractivity contribution in [2.75, 3.05) is 12.3 Å². The number of hydrogen-bond acceptors (Lipinski definition) is 5. The Hall–Kier alpha value is -1.34. The van der Waals surface area contributed by atoms with E-state index in [0.717, 1.165) is 22.4 Å². The van der Waals surface area contributed by atoms with E-state index in [1.54, 1.807) is 11.3 Å². The van der Waals surface area contributed by atoms with Crippen LogP contribution in [0, 0.1) is 5.92 Å². The Kier molecular flexibility index (Phi) is 4.07. The molecule has 0 radical (unpaired) electrons. The summed E-state index contributed by atoms with van der Waals surface area (Å²) in [5.41, 5.74) is 0. The number of carbonyl (C=O) groups is 1. The maximum Gasteiger partial charge on any atom is 0.230 e. The zero-order chi connectivity index (χ0) is 13.9. The minimum absolute atomic E-state index is 0.0718.